The maximum absolute atomic E-state index is 12.4. The molecular formula is C17H31N3O3. The Morgan fingerprint density at radius 1 is 1.22 bits per heavy atom. The molecule has 0 aromatic carbocycles. The van der Waals surface area contributed by atoms with Crippen molar-refractivity contribution in [2.75, 3.05) is 26.2 Å². The maximum Gasteiger partial charge on any atom is 0.317 e. The summed E-state index contributed by atoms with van der Waals surface area (Å²) >= 11 is 0. The van der Waals surface area contributed by atoms with Gasteiger partial charge in [-0.05, 0) is 44.6 Å². The van der Waals surface area contributed by atoms with E-state index < -0.39 is 5.97 Å². The minimum atomic E-state index is -0.783. The average molecular weight is 325 g/mol. The highest BCUT2D eigenvalue weighted by atomic mass is 16.4. The van der Waals surface area contributed by atoms with E-state index in [0.717, 1.165) is 51.2 Å². The van der Waals surface area contributed by atoms with Crippen LogP contribution in [0.4, 0.5) is 4.79 Å². The average Bonchev–Trinajstić information content (AvgIpc) is 2.73. The summed E-state index contributed by atoms with van der Waals surface area (Å²) in [6, 6.07) is 0.544. The molecule has 132 valence electrons. The van der Waals surface area contributed by atoms with Crippen molar-refractivity contribution in [3.05, 3.63) is 0 Å². The van der Waals surface area contributed by atoms with Crippen LogP contribution in [0, 0.1) is 5.92 Å². The first kappa shape index (κ1) is 18.0. The topological polar surface area (TPSA) is 72.9 Å². The number of nitrogens with zero attached hydrogens (tertiary/aromatic N) is 2. The van der Waals surface area contributed by atoms with Gasteiger partial charge in [0.1, 0.15) is 0 Å². The van der Waals surface area contributed by atoms with E-state index in [-0.39, 0.29) is 24.7 Å². The summed E-state index contributed by atoms with van der Waals surface area (Å²) in [7, 11) is 0. The Balaban J connectivity index is 1.72. The zero-order valence-electron chi connectivity index (χ0n) is 14.5. The zero-order valence-corrected chi connectivity index (χ0v) is 14.5. The highest BCUT2D eigenvalue weighted by molar-refractivity contribution is 5.74. The fourth-order valence-electron chi connectivity index (χ4n) is 3.72. The van der Waals surface area contributed by atoms with Gasteiger partial charge in [-0.25, -0.2) is 4.79 Å². The third kappa shape index (κ3) is 5.09. The van der Waals surface area contributed by atoms with Crippen molar-refractivity contribution in [1.82, 2.24) is 15.1 Å². The van der Waals surface area contributed by atoms with E-state index in [0.29, 0.717) is 0 Å². The summed E-state index contributed by atoms with van der Waals surface area (Å²) in [4.78, 5) is 27.2. The molecular weight excluding hydrogens is 294 g/mol. The van der Waals surface area contributed by atoms with Crippen LogP contribution >= 0.6 is 0 Å². The Hall–Kier alpha value is -1.30. The number of carbonyl (C=O) groups is 2. The van der Waals surface area contributed by atoms with Crippen molar-refractivity contribution in [2.24, 2.45) is 5.92 Å². The summed E-state index contributed by atoms with van der Waals surface area (Å²) in [5, 5.41) is 12.0. The zero-order chi connectivity index (χ0) is 16.8. The van der Waals surface area contributed by atoms with Crippen LogP contribution in [-0.4, -0.2) is 65.2 Å². The minimum Gasteiger partial charge on any atom is -0.480 e. The number of carboxylic acids is 1. The number of hydrogen-bond donors (Lipinski definition) is 2. The lowest BCUT2D eigenvalue weighted by atomic mass is 9.85. The van der Waals surface area contributed by atoms with Crippen molar-refractivity contribution < 1.29 is 14.7 Å². The van der Waals surface area contributed by atoms with Gasteiger partial charge >= 0.3 is 12.0 Å². The molecule has 2 rings (SSSR count). The number of urea groups is 1. The molecule has 2 amide bonds. The number of carboxylic acid groups (broad SMARTS) is 1. The quantitative estimate of drug-likeness (QED) is 0.785. The molecule has 1 saturated heterocycles. The van der Waals surface area contributed by atoms with Crippen molar-refractivity contribution in [3.63, 3.8) is 0 Å². The number of likely N-dealkylation sites (tertiary alicyclic amines) is 1. The molecule has 23 heavy (non-hydrogen) atoms. The first-order valence-electron chi connectivity index (χ1n) is 9.04. The minimum absolute atomic E-state index is 0.0616. The van der Waals surface area contributed by atoms with E-state index in [1.54, 1.807) is 0 Å². The first-order valence-corrected chi connectivity index (χ1v) is 9.04. The lowest BCUT2D eigenvalue weighted by Crippen LogP contribution is -2.56. The molecule has 0 bridgehead atoms. The number of hydrogen-bond acceptors (Lipinski definition) is 3. The Morgan fingerprint density at radius 2 is 1.96 bits per heavy atom. The fraction of sp³-hybridized carbons (Fsp3) is 0.882. The van der Waals surface area contributed by atoms with E-state index in [1.165, 1.54) is 12.8 Å². The lowest BCUT2D eigenvalue weighted by molar-refractivity contribution is -0.139. The highest BCUT2D eigenvalue weighted by Gasteiger charge is 2.35. The number of aliphatic carboxylic acids is 1. The SMILES string of the molecule is CCC1CCCN(C(=O)NC2CC(N(CC)CC(=O)O)C2)CC1. The van der Waals surface area contributed by atoms with Crippen LogP contribution in [0.15, 0.2) is 0 Å². The molecule has 1 unspecified atom stereocenters. The molecule has 6 nitrogen and oxygen atoms in total. The van der Waals surface area contributed by atoms with Gasteiger partial charge in [0.15, 0.2) is 0 Å². The van der Waals surface area contributed by atoms with E-state index in [4.69, 9.17) is 5.11 Å². The number of nitrogens with one attached hydrogen (secondary N) is 1. The van der Waals surface area contributed by atoms with Crippen LogP contribution < -0.4 is 5.32 Å². The van der Waals surface area contributed by atoms with E-state index in [1.807, 2.05) is 16.7 Å². The van der Waals surface area contributed by atoms with Gasteiger partial charge in [0, 0.05) is 25.2 Å². The van der Waals surface area contributed by atoms with Gasteiger partial charge in [0.05, 0.1) is 6.54 Å². The molecule has 2 aliphatic rings. The van der Waals surface area contributed by atoms with Gasteiger partial charge < -0.3 is 15.3 Å². The molecule has 1 atom stereocenters. The van der Waals surface area contributed by atoms with Crippen molar-refractivity contribution >= 4 is 12.0 Å². The molecule has 1 heterocycles. The molecule has 0 radical (unpaired) electrons. The van der Waals surface area contributed by atoms with Crippen LogP contribution in [0.1, 0.15) is 52.4 Å². The van der Waals surface area contributed by atoms with Gasteiger partial charge in [-0.3, -0.25) is 9.69 Å². The summed E-state index contributed by atoms with van der Waals surface area (Å²) in [5.41, 5.74) is 0. The Morgan fingerprint density at radius 3 is 2.57 bits per heavy atom. The lowest BCUT2D eigenvalue weighted by Gasteiger charge is -2.42. The summed E-state index contributed by atoms with van der Waals surface area (Å²) < 4.78 is 0. The maximum atomic E-state index is 12.4. The van der Waals surface area contributed by atoms with E-state index >= 15 is 0 Å². The molecule has 0 aromatic rings. The molecule has 1 aliphatic heterocycles. The van der Waals surface area contributed by atoms with Gasteiger partial charge in [-0.15, -0.1) is 0 Å². The molecule has 1 saturated carbocycles. The first-order chi connectivity index (χ1) is 11.0. The molecule has 0 aromatic heterocycles. The van der Waals surface area contributed by atoms with Crippen molar-refractivity contribution in [1.29, 1.82) is 0 Å². The van der Waals surface area contributed by atoms with Crippen LogP contribution in [0.5, 0.6) is 0 Å². The summed E-state index contributed by atoms with van der Waals surface area (Å²) in [6.07, 6.45) is 6.36. The van der Waals surface area contributed by atoms with Gasteiger partial charge in [0.25, 0.3) is 0 Å². The van der Waals surface area contributed by atoms with Gasteiger partial charge in [-0.2, -0.15) is 0 Å². The van der Waals surface area contributed by atoms with Crippen LogP contribution in [0.3, 0.4) is 0 Å². The number of amides is 2. The second kappa shape index (κ2) is 8.52. The predicted molar refractivity (Wildman–Crippen MR) is 89.4 cm³/mol. The molecule has 6 heteroatoms. The third-order valence-electron chi connectivity index (χ3n) is 5.41. The standard InChI is InChI=1S/C17H31N3O3/c1-3-13-6-5-8-20(9-7-13)17(23)18-14-10-15(11-14)19(4-2)12-16(21)22/h13-15H,3-12H2,1-2H3,(H,18,23)(H,21,22). The fourth-order valence-corrected chi connectivity index (χ4v) is 3.72. The van der Waals surface area contributed by atoms with Crippen LogP contribution in [0.25, 0.3) is 0 Å². The third-order valence-corrected chi connectivity index (χ3v) is 5.41. The normalized spacial score (nSPS) is 28.1. The Labute approximate surface area is 139 Å². The van der Waals surface area contributed by atoms with Crippen molar-refractivity contribution in [3.8, 4) is 0 Å². The van der Waals surface area contributed by atoms with Crippen LogP contribution in [-0.2, 0) is 4.79 Å². The Kier molecular flexibility index (Phi) is 6.69. The smallest absolute Gasteiger partial charge is 0.317 e. The molecule has 2 N–H and O–H groups in total. The number of likely N-dealkylation sites (N-methyl/N-ethyl adjacent to an activating group) is 1. The van der Waals surface area contributed by atoms with Crippen LogP contribution in [0.2, 0.25) is 0 Å². The predicted octanol–water partition coefficient (Wildman–Crippen LogP) is 2.15. The molecule has 2 fully saturated rings. The summed E-state index contributed by atoms with van der Waals surface area (Å²) in [6.45, 7) is 6.76. The van der Waals surface area contributed by atoms with E-state index in [2.05, 4.69) is 12.2 Å². The monoisotopic (exact) mass is 325 g/mol. The van der Waals surface area contributed by atoms with Gasteiger partial charge in [0.2, 0.25) is 0 Å². The number of carbonyl (C=O) groups excluding carboxylic acids is 1. The second-order valence-electron chi connectivity index (χ2n) is 6.92. The molecule has 0 spiro atoms. The second-order valence-corrected chi connectivity index (χ2v) is 6.92. The van der Waals surface area contributed by atoms with Crippen molar-refractivity contribution in [2.45, 2.75) is 64.5 Å². The Bertz CT molecular complexity index is 410. The van der Waals surface area contributed by atoms with E-state index in [9.17, 15) is 9.59 Å². The summed E-state index contributed by atoms with van der Waals surface area (Å²) in [5.74, 6) is -0.0237. The highest BCUT2D eigenvalue weighted by Crippen LogP contribution is 2.26. The number of rotatable bonds is 6. The largest absolute Gasteiger partial charge is 0.480 e. The molecule has 1 aliphatic carbocycles. The van der Waals surface area contributed by atoms with Gasteiger partial charge in [-0.1, -0.05) is 20.3 Å².